The smallest absolute Gasteiger partial charge is 0.341 e. The predicted octanol–water partition coefficient (Wildman–Crippen LogP) is 4.94. The fourth-order valence-corrected chi connectivity index (χ4v) is 4.24. The molecule has 30 heavy (non-hydrogen) atoms. The van der Waals surface area contributed by atoms with Crippen molar-refractivity contribution >= 4 is 45.7 Å². The molecular weight excluding hydrogens is 424 g/mol. The minimum atomic E-state index is -0.556. The van der Waals surface area contributed by atoms with E-state index in [-0.39, 0.29) is 29.9 Å². The summed E-state index contributed by atoms with van der Waals surface area (Å²) in [5.41, 5.74) is 1.54. The van der Waals surface area contributed by atoms with Crippen molar-refractivity contribution < 1.29 is 19.1 Å². The van der Waals surface area contributed by atoms with Crippen molar-refractivity contribution in [3.8, 4) is 0 Å². The van der Waals surface area contributed by atoms with Crippen LogP contribution < -0.4 is 5.32 Å². The van der Waals surface area contributed by atoms with Gasteiger partial charge in [0.15, 0.2) is 0 Å². The molecule has 162 valence electrons. The molecule has 0 atom stereocenters. The van der Waals surface area contributed by atoms with Crippen LogP contribution in [-0.4, -0.2) is 41.9 Å². The van der Waals surface area contributed by atoms with Crippen molar-refractivity contribution in [1.82, 2.24) is 4.90 Å². The largest absolute Gasteiger partial charge is 0.459 e. The zero-order chi connectivity index (χ0) is 22.4. The molecular formula is C22H27ClN2O4S. The van der Waals surface area contributed by atoms with Crippen LogP contribution in [0.4, 0.5) is 5.00 Å². The average molecular weight is 451 g/mol. The molecule has 0 saturated carbocycles. The SMILES string of the molecule is CCN(CC)C(=O)c1sc(NC(=O)Cc2ccc(Cl)cc2)c(C(=O)OC(C)C)c1C. The number of halogens is 1. The highest BCUT2D eigenvalue weighted by Crippen LogP contribution is 2.35. The Hall–Kier alpha value is -2.38. The van der Waals surface area contributed by atoms with Crippen LogP contribution in [0.5, 0.6) is 0 Å². The molecule has 1 aromatic carbocycles. The molecule has 2 rings (SSSR count). The first-order chi connectivity index (χ1) is 14.2. The number of amides is 2. The summed E-state index contributed by atoms with van der Waals surface area (Å²) in [6.07, 6.45) is -0.206. The number of esters is 1. The number of nitrogens with one attached hydrogen (secondary N) is 1. The summed E-state index contributed by atoms with van der Waals surface area (Å²) in [5, 5.41) is 3.71. The third-order valence-electron chi connectivity index (χ3n) is 4.47. The van der Waals surface area contributed by atoms with Gasteiger partial charge in [0.2, 0.25) is 5.91 Å². The van der Waals surface area contributed by atoms with Gasteiger partial charge in [0.1, 0.15) is 5.00 Å². The molecule has 8 heteroatoms. The third kappa shape index (κ3) is 5.83. The van der Waals surface area contributed by atoms with Gasteiger partial charge in [-0.2, -0.15) is 0 Å². The maximum absolute atomic E-state index is 12.9. The van der Waals surface area contributed by atoms with Crippen molar-refractivity contribution in [1.29, 1.82) is 0 Å². The average Bonchev–Trinajstić information content (AvgIpc) is 2.99. The number of carbonyl (C=O) groups excluding carboxylic acids is 3. The third-order valence-corrected chi connectivity index (χ3v) is 5.92. The van der Waals surface area contributed by atoms with Gasteiger partial charge in [-0.25, -0.2) is 4.79 Å². The van der Waals surface area contributed by atoms with Crippen LogP contribution in [0.1, 0.15) is 58.9 Å². The number of thiophene rings is 1. The number of hydrogen-bond donors (Lipinski definition) is 1. The molecule has 0 unspecified atom stereocenters. The number of ether oxygens (including phenoxy) is 1. The Labute approximate surface area is 186 Å². The van der Waals surface area contributed by atoms with E-state index in [0.29, 0.717) is 33.6 Å². The zero-order valence-corrected chi connectivity index (χ0v) is 19.4. The van der Waals surface area contributed by atoms with Gasteiger partial charge in [-0.15, -0.1) is 11.3 Å². The summed E-state index contributed by atoms with van der Waals surface area (Å²) in [6, 6.07) is 6.97. The van der Waals surface area contributed by atoms with Crippen LogP contribution >= 0.6 is 22.9 Å². The van der Waals surface area contributed by atoms with Gasteiger partial charge in [-0.1, -0.05) is 23.7 Å². The van der Waals surface area contributed by atoms with Crippen LogP contribution in [-0.2, 0) is 16.0 Å². The Morgan fingerprint density at radius 2 is 1.73 bits per heavy atom. The van der Waals surface area contributed by atoms with E-state index in [9.17, 15) is 14.4 Å². The molecule has 1 heterocycles. The second kappa shape index (κ2) is 10.6. The van der Waals surface area contributed by atoms with E-state index in [2.05, 4.69) is 5.32 Å². The van der Waals surface area contributed by atoms with Gasteiger partial charge in [0, 0.05) is 18.1 Å². The maximum Gasteiger partial charge on any atom is 0.341 e. The Bertz CT molecular complexity index is 918. The van der Waals surface area contributed by atoms with Gasteiger partial charge in [-0.3, -0.25) is 9.59 Å². The summed E-state index contributed by atoms with van der Waals surface area (Å²) in [6.45, 7) is 10.1. The van der Waals surface area contributed by atoms with E-state index < -0.39 is 5.97 Å². The Balaban J connectivity index is 2.36. The van der Waals surface area contributed by atoms with E-state index >= 15 is 0 Å². The molecule has 0 saturated heterocycles. The number of rotatable bonds is 8. The van der Waals surface area contributed by atoms with Crippen molar-refractivity contribution in [3.63, 3.8) is 0 Å². The molecule has 0 aliphatic heterocycles. The van der Waals surface area contributed by atoms with Crippen LogP contribution in [0, 0.1) is 6.92 Å². The summed E-state index contributed by atoms with van der Waals surface area (Å²) >= 11 is 6.99. The van der Waals surface area contributed by atoms with E-state index in [1.165, 1.54) is 0 Å². The number of nitrogens with zero attached hydrogens (tertiary/aromatic N) is 1. The lowest BCUT2D eigenvalue weighted by Gasteiger charge is -2.18. The fourth-order valence-electron chi connectivity index (χ4n) is 2.94. The first kappa shape index (κ1) is 23.9. The van der Waals surface area contributed by atoms with Gasteiger partial charge in [-0.05, 0) is 57.9 Å². The Morgan fingerprint density at radius 3 is 2.27 bits per heavy atom. The van der Waals surface area contributed by atoms with Crippen molar-refractivity contribution in [2.45, 2.75) is 47.1 Å². The second-order valence-corrected chi connectivity index (χ2v) is 8.50. The highest BCUT2D eigenvalue weighted by Gasteiger charge is 2.28. The summed E-state index contributed by atoms with van der Waals surface area (Å²) in [7, 11) is 0. The highest BCUT2D eigenvalue weighted by atomic mass is 35.5. The molecule has 0 aliphatic carbocycles. The van der Waals surface area contributed by atoms with E-state index in [1.54, 1.807) is 49.9 Å². The van der Waals surface area contributed by atoms with Gasteiger partial charge < -0.3 is 15.0 Å². The first-order valence-corrected chi connectivity index (χ1v) is 11.0. The number of carbonyl (C=O) groups is 3. The molecule has 0 spiro atoms. The molecule has 1 aromatic heterocycles. The summed E-state index contributed by atoms with van der Waals surface area (Å²) < 4.78 is 5.35. The van der Waals surface area contributed by atoms with Crippen molar-refractivity contribution in [2.75, 3.05) is 18.4 Å². The van der Waals surface area contributed by atoms with E-state index in [0.717, 1.165) is 16.9 Å². The number of anilines is 1. The molecule has 0 aliphatic rings. The molecule has 2 amide bonds. The normalized spacial score (nSPS) is 10.8. The molecule has 0 fully saturated rings. The van der Waals surface area contributed by atoms with Gasteiger partial charge >= 0.3 is 5.97 Å². The molecule has 0 bridgehead atoms. The molecule has 0 radical (unpaired) electrons. The highest BCUT2D eigenvalue weighted by molar-refractivity contribution is 7.18. The molecule has 6 nitrogen and oxygen atoms in total. The second-order valence-electron chi connectivity index (χ2n) is 7.04. The fraction of sp³-hybridized carbons (Fsp3) is 0.409. The lowest BCUT2D eigenvalue weighted by molar-refractivity contribution is -0.115. The quantitative estimate of drug-likeness (QED) is 0.578. The van der Waals surface area contributed by atoms with Crippen molar-refractivity contribution in [3.05, 3.63) is 50.9 Å². The topological polar surface area (TPSA) is 75.7 Å². The minimum Gasteiger partial charge on any atom is -0.459 e. The van der Waals surface area contributed by atoms with E-state index in [4.69, 9.17) is 16.3 Å². The van der Waals surface area contributed by atoms with E-state index in [1.807, 2.05) is 13.8 Å². The Kier molecular flexibility index (Phi) is 8.43. The van der Waals surface area contributed by atoms with Gasteiger partial charge in [0.25, 0.3) is 5.91 Å². The molecule has 2 aromatic rings. The van der Waals surface area contributed by atoms with Crippen LogP contribution in [0.3, 0.4) is 0 Å². The van der Waals surface area contributed by atoms with Crippen LogP contribution in [0.2, 0.25) is 5.02 Å². The Morgan fingerprint density at radius 1 is 1.13 bits per heavy atom. The lowest BCUT2D eigenvalue weighted by atomic mass is 10.1. The summed E-state index contributed by atoms with van der Waals surface area (Å²) in [5.74, 6) is -1.02. The number of hydrogen-bond acceptors (Lipinski definition) is 5. The van der Waals surface area contributed by atoms with Crippen LogP contribution in [0.15, 0.2) is 24.3 Å². The predicted molar refractivity (Wildman–Crippen MR) is 121 cm³/mol. The minimum absolute atomic E-state index is 0.117. The monoisotopic (exact) mass is 450 g/mol. The van der Waals surface area contributed by atoms with Crippen LogP contribution in [0.25, 0.3) is 0 Å². The lowest BCUT2D eigenvalue weighted by Crippen LogP contribution is -2.30. The molecule has 1 N–H and O–H groups in total. The van der Waals surface area contributed by atoms with Crippen molar-refractivity contribution in [2.24, 2.45) is 0 Å². The standard InChI is InChI=1S/C22H27ClN2O4S/c1-6-25(7-2)21(27)19-14(5)18(22(28)29-13(3)4)20(30-19)24-17(26)12-15-8-10-16(23)11-9-15/h8-11,13H,6-7,12H2,1-5H3,(H,24,26). The maximum atomic E-state index is 12.9. The first-order valence-electron chi connectivity index (χ1n) is 9.85. The zero-order valence-electron chi connectivity index (χ0n) is 17.9. The summed E-state index contributed by atoms with van der Waals surface area (Å²) in [4.78, 5) is 40.3. The van der Waals surface area contributed by atoms with Gasteiger partial charge in [0.05, 0.1) is 23.0 Å². The number of benzene rings is 1.